The summed E-state index contributed by atoms with van der Waals surface area (Å²) in [6.45, 7) is 5.19. The highest BCUT2D eigenvalue weighted by atomic mass is 35.5. The van der Waals surface area contributed by atoms with Crippen LogP contribution in [0.3, 0.4) is 0 Å². The van der Waals surface area contributed by atoms with Crippen molar-refractivity contribution in [3.63, 3.8) is 0 Å². The fourth-order valence-electron chi connectivity index (χ4n) is 3.50. The van der Waals surface area contributed by atoms with E-state index in [0.717, 1.165) is 42.9 Å². The highest BCUT2D eigenvalue weighted by Gasteiger charge is 2.22. The minimum atomic E-state index is -0.936. The number of aliphatic hydroxyl groups is 1. The van der Waals surface area contributed by atoms with Crippen LogP contribution in [0, 0.1) is 0 Å². The zero-order valence-electron chi connectivity index (χ0n) is 18.2. The number of nitrogens with zero attached hydrogens (tertiary/aromatic N) is 4. The molecule has 168 valence electrons. The van der Waals surface area contributed by atoms with E-state index in [1.54, 1.807) is 38.5 Å². The van der Waals surface area contributed by atoms with E-state index in [1.165, 1.54) is 0 Å². The number of aromatic nitrogens is 3. The third kappa shape index (κ3) is 5.87. The van der Waals surface area contributed by atoms with Crippen LogP contribution in [0.2, 0.25) is 5.02 Å². The zero-order valence-corrected chi connectivity index (χ0v) is 19.0. The van der Waals surface area contributed by atoms with Crippen LogP contribution < -0.4 is 14.4 Å². The zero-order chi connectivity index (χ0) is 22.6. The molecule has 1 aliphatic rings. The Labute approximate surface area is 193 Å². The maximum absolute atomic E-state index is 9.85. The highest BCUT2D eigenvalue weighted by Crippen LogP contribution is 2.32. The van der Waals surface area contributed by atoms with Crippen molar-refractivity contribution in [2.45, 2.75) is 38.4 Å². The van der Waals surface area contributed by atoms with Gasteiger partial charge in [0.15, 0.2) is 0 Å². The number of rotatable bonds is 7. The first kappa shape index (κ1) is 22.3. The standard InChI is InChI=1S/C24H27ClN4O3/c1-24(2,30)16-31-23-13-17(6-10-27-23)19-15-28-21(14-20(19)25)29-11-7-18(8-12-29)32-22-5-3-4-9-26-22/h3-6,9-10,13-15,18,30H,7-8,11-12,16H2,1-2H3. The van der Waals surface area contributed by atoms with Crippen molar-refractivity contribution < 1.29 is 14.6 Å². The molecule has 0 saturated carbocycles. The Bertz CT molecular complexity index is 1030. The Morgan fingerprint density at radius 2 is 1.84 bits per heavy atom. The number of piperidine rings is 1. The van der Waals surface area contributed by atoms with Crippen molar-refractivity contribution in [1.82, 2.24) is 15.0 Å². The molecular formula is C24H27ClN4O3. The molecule has 0 aliphatic carbocycles. The maximum atomic E-state index is 9.85. The van der Waals surface area contributed by atoms with Gasteiger partial charge in [-0.15, -0.1) is 0 Å². The summed E-state index contributed by atoms with van der Waals surface area (Å²) in [5.74, 6) is 1.95. The van der Waals surface area contributed by atoms with Crippen LogP contribution in [0.5, 0.6) is 11.8 Å². The third-order valence-electron chi connectivity index (χ3n) is 5.15. The summed E-state index contributed by atoms with van der Waals surface area (Å²) in [7, 11) is 0. The van der Waals surface area contributed by atoms with Crippen LogP contribution in [-0.2, 0) is 0 Å². The van der Waals surface area contributed by atoms with Crippen LogP contribution in [0.15, 0.2) is 55.0 Å². The molecule has 7 nitrogen and oxygen atoms in total. The lowest BCUT2D eigenvalue weighted by molar-refractivity contribution is 0.0268. The van der Waals surface area contributed by atoms with Gasteiger partial charge >= 0.3 is 0 Å². The molecule has 1 N–H and O–H groups in total. The molecule has 4 rings (SSSR count). The van der Waals surface area contributed by atoms with E-state index in [0.29, 0.717) is 16.8 Å². The molecule has 0 spiro atoms. The van der Waals surface area contributed by atoms with Gasteiger partial charge in [-0.2, -0.15) is 0 Å². The lowest BCUT2D eigenvalue weighted by atomic mass is 10.1. The van der Waals surface area contributed by atoms with E-state index >= 15 is 0 Å². The molecule has 1 saturated heterocycles. The summed E-state index contributed by atoms with van der Waals surface area (Å²) in [6, 6.07) is 11.2. The van der Waals surface area contributed by atoms with Gasteiger partial charge in [-0.05, 0) is 37.6 Å². The minimum Gasteiger partial charge on any atom is -0.475 e. The molecule has 3 aromatic heterocycles. The second kappa shape index (κ2) is 9.71. The molecule has 0 bridgehead atoms. The maximum Gasteiger partial charge on any atom is 0.213 e. The molecule has 0 unspecified atom stereocenters. The van der Waals surface area contributed by atoms with Gasteiger partial charge < -0.3 is 19.5 Å². The second-order valence-electron chi connectivity index (χ2n) is 8.48. The average molecular weight is 455 g/mol. The second-order valence-corrected chi connectivity index (χ2v) is 8.89. The minimum absolute atomic E-state index is 0.147. The number of pyridine rings is 3. The van der Waals surface area contributed by atoms with E-state index in [2.05, 4.69) is 19.9 Å². The Morgan fingerprint density at radius 1 is 1.06 bits per heavy atom. The van der Waals surface area contributed by atoms with E-state index in [-0.39, 0.29) is 12.7 Å². The van der Waals surface area contributed by atoms with Crippen LogP contribution in [0.4, 0.5) is 5.82 Å². The van der Waals surface area contributed by atoms with Gasteiger partial charge in [0.1, 0.15) is 18.5 Å². The van der Waals surface area contributed by atoms with Gasteiger partial charge in [0.2, 0.25) is 11.8 Å². The first-order chi connectivity index (χ1) is 15.4. The molecule has 1 aliphatic heterocycles. The van der Waals surface area contributed by atoms with E-state index in [4.69, 9.17) is 21.1 Å². The average Bonchev–Trinajstić information content (AvgIpc) is 2.79. The molecule has 0 amide bonds. The van der Waals surface area contributed by atoms with Crippen LogP contribution in [0.1, 0.15) is 26.7 Å². The molecule has 0 aromatic carbocycles. The Morgan fingerprint density at radius 3 is 2.53 bits per heavy atom. The fourth-order valence-corrected chi connectivity index (χ4v) is 3.76. The predicted octanol–water partition coefficient (Wildman–Crippen LogP) is 4.39. The normalized spacial score (nSPS) is 14.9. The number of anilines is 1. The van der Waals surface area contributed by atoms with Gasteiger partial charge in [-0.25, -0.2) is 15.0 Å². The molecule has 4 heterocycles. The van der Waals surface area contributed by atoms with Crippen molar-refractivity contribution in [3.8, 4) is 22.9 Å². The third-order valence-corrected chi connectivity index (χ3v) is 5.46. The van der Waals surface area contributed by atoms with Crippen LogP contribution in [-0.4, -0.2) is 51.5 Å². The van der Waals surface area contributed by atoms with Crippen molar-refractivity contribution in [2.75, 3.05) is 24.6 Å². The SMILES string of the molecule is CC(C)(O)COc1cc(-c2cnc(N3CCC(Oc4ccccn4)CC3)cc2Cl)ccn1. The van der Waals surface area contributed by atoms with Gasteiger partial charge in [-0.3, -0.25) is 0 Å². The monoisotopic (exact) mass is 454 g/mol. The molecule has 32 heavy (non-hydrogen) atoms. The van der Waals surface area contributed by atoms with E-state index in [9.17, 15) is 5.11 Å². The Balaban J connectivity index is 1.40. The fraction of sp³-hybridized carbons (Fsp3) is 0.375. The lowest BCUT2D eigenvalue weighted by Gasteiger charge is -2.32. The predicted molar refractivity (Wildman–Crippen MR) is 124 cm³/mol. The quantitative estimate of drug-likeness (QED) is 0.567. The van der Waals surface area contributed by atoms with Gasteiger partial charge in [0, 0.05) is 62.2 Å². The summed E-state index contributed by atoms with van der Waals surface area (Å²) in [4.78, 5) is 15.3. The van der Waals surface area contributed by atoms with E-state index in [1.807, 2.05) is 30.3 Å². The number of hydrogen-bond acceptors (Lipinski definition) is 7. The van der Waals surface area contributed by atoms with Gasteiger partial charge in [-0.1, -0.05) is 17.7 Å². The van der Waals surface area contributed by atoms with Crippen LogP contribution in [0.25, 0.3) is 11.1 Å². The summed E-state index contributed by atoms with van der Waals surface area (Å²) in [5.41, 5.74) is 0.728. The Kier molecular flexibility index (Phi) is 6.77. The molecular weight excluding hydrogens is 428 g/mol. The number of hydrogen-bond donors (Lipinski definition) is 1. The molecule has 8 heteroatoms. The van der Waals surface area contributed by atoms with Crippen molar-refractivity contribution in [1.29, 1.82) is 0 Å². The molecule has 3 aromatic rings. The highest BCUT2D eigenvalue weighted by molar-refractivity contribution is 6.33. The molecule has 0 radical (unpaired) electrons. The number of ether oxygens (including phenoxy) is 2. The number of halogens is 1. The summed E-state index contributed by atoms with van der Waals surface area (Å²) < 4.78 is 11.6. The first-order valence-corrected chi connectivity index (χ1v) is 11.0. The Hall–Kier alpha value is -2.90. The first-order valence-electron chi connectivity index (χ1n) is 10.7. The van der Waals surface area contributed by atoms with Gasteiger partial charge in [0.25, 0.3) is 0 Å². The largest absolute Gasteiger partial charge is 0.475 e. The van der Waals surface area contributed by atoms with E-state index < -0.39 is 5.60 Å². The topological polar surface area (TPSA) is 80.6 Å². The van der Waals surface area contributed by atoms with Gasteiger partial charge in [0.05, 0.1) is 10.6 Å². The van der Waals surface area contributed by atoms with Crippen LogP contribution >= 0.6 is 11.6 Å². The lowest BCUT2D eigenvalue weighted by Crippen LogP contribution is -2.38. The van der Waals surface area contributed by atoms with Crippen molar-refractivity contribution >= 4 is 17.4 Å². The summed E-state index contributed by atoms with van der Waals surface area (Å²) in [5, 5.41) is 10.5. The summed E-state index contributed by atoms with van der Waals surface area (Å²) >= 11 is 6.62. The summed E-state index contributed by atoms with van der Waals surface area (Å²) in [6.07, 6.45) is 7.11. The molecule has 0 atom stereocenters. The van der Waals surface area contributed by atoms with Crippen molar-refractivity contribution in [2.24, 2.45) is 0 Å². The molecule has 1 fully saturated rings. The van der Waals surface area contributed by atoms with Crippen molar-refractivity contribution in [3.05, 3.63) is 60.0 Å². The smallest absolute Gasteiger partial charge is 0.213 e.